The molecule has 0 spiro atoms. The first kappa shape index (κ1) is 17.7. The number of rotatable bonds is 2. The molecule has 5 rings (SSSR count). The molecule has 10 heteroatoms. The maximum absolute atomic E-state index is 12.9. The number of H-pyrrole nitrogens is 1. The lowest BCUT2D eigenvalue weighted by Gasteiger charge is -2.33. The summed E-state index contributed by atoms with van der Waals surface area (Å²) < 4.78 is 40.5. The molecule has 0 radical (unpaired) electrons. The Bertz CT molecular complexity index is 1180. The third-order valence-electron chi connectivity index (χ3n) is 5.16. The normalized spacial score (nSPS) is 17.0. The third kappa shape index (κ3) is 2.91. The van der Waals surface area contributed by atoms with Crippen molar-refractivity contribution in [2.75, 3.05) is 11.4 Å². The maximum atomic E-state index is 12.9. The first-order valence-corrected chi connectivity index (χ1v) is 9.05. The molecule has 4 aromatic rings. The summed E-state index contributed by atoms with van der Waals surface area (Å²) in [4.78, 5) is 17.4. The quantitative estimate of drug-likeness (QED) is 0.560. The second-order valence-corrected chi connectivity index (χ2v) is 6.97. The van der Waals surface area contributed by atoms with Gasteiger partial charge in [0.1, 0.15) is 6.04 Å². The van der Waals surface area contributed by atoms with Crippen molar-refractivity contribution in [3.05, 3.63) is 71.3 Å². The topological polar surface area (TPSA) is 75.0 Å². The molecule has 0 aromatic carbocycles. The highest BCUT2D eigenvalue weighted by atomic mass is 19.4. The maximum Gasteiger partial charge on any atom is 0.419 e. The smallest absolute Gasteiger partial charge is 0.348 e. The molecule has 148 valence electrons. The van der Waals surface area contributed by atoms with E-state index in [0.717, 1.165) is 40.6 Å². The number of aryl methyl sites for hydroxylation is 1. The van der Waals surface area contributed by atoms with Crippen molar-refractivity contribution >= 4 is 11.5 Å². The molecule has 1 atom stereocenters. The van der Waals surface area contributed by atoms with Crippen LogP contribution in [0.2, 0.25) is 0 Å². The Balaban J connectivity index is 1.61. The van der Waals surface area contributed by atoms with Gasteiger partial charge in [-0.15, -0.1) is 0 Å². The van der Waals surface area contributed by atoms with Gasteiger partial charge in [-0.3, -0.25) is 0 Å². The lowest BCUT2D eigenvalue weighted by Crippen LogP contribution is -2.37. The molecular formula is C19H16F3N7. The summed E-state index contributed by atoms with van der Waals surface area (Å²) in [6.07, 6.45) is 1.28. The molecule has 5 heterocycles. The van der Waals surface area contributed by atoms with Gasteiger partial charge in [0.2, 0.25) is 5.95 Å². The highest BCUT2D eigenvalue weighted by Crippen LogP contribution is 2.36. The van der Waals surface area contributed by atoms with E-state index in [2.05, 4.69) is 19.9 Å². The Morgan fingerprint density at radius 1 is 1.17 bits per heavy atom. The van der Waals surface area contributed by atoms with E-state index >= 15 is 0 Å². The Kier molecular flexibility index (Phi) is 3.83. The van der Waals surface area contributed by atoms with Crippen LogP contribution in [-0.4, -0.2) is 36.1 Å². The second kappa shape index (κ2) is 6.29. The van der Waals surface area contributed by atoms with E-state index in [0.29, 0.717) is 13.0 Å². The number of hydrogen-bond donors (Lipinski definition) is 1. The Morgan fingerprint density at radius 3 is 2.69 bits per heavy atom. The minimum atomic E-state index is -4.48. The minimum absolute atomic E-state index is 0.213. The van der Waals surface area contributed by atoms with Crippen molar-refractivity contribution in [1.29, 1.82) is 0 Å². The van der Waals surface area contributed by atoms with Gasteiger partial charge >= 0.3 is 6.18 Å². The number of anilines is 1. The third-order valence-corrected chi connectivity index (χ3v) is 5.16. The van der Waals surface area contributed by atoms with Gasteiger partial charge in [-0.2, -0.15) is 18.3 Å². The predicted molar refractivity (Wildman–Crippen MR) is 98.4 cm³/mol. The van der Waals surface area contributed by atoms with Gasteiger partial charge in [0.15, 0.2) is 0 Å². The van der Waals surface area contributed by atoms with Gasteiger partial charge in [-0.05, 0) is 24.6 Å². The zero-order valence-electron chi connectivity index (χ0n) is 15.4. The summed E-state index contributed by atoms with van der Waals surface area (Å²) in [6.45, 7) is 2.52. The average Bonchev–Trinajstić information content (AvgIpc) is 3.34. The van der Waals surface area contributed by atoms with Gasteiger partial charge in [0.25, 0.3) is 0 Å². The molecular weight excluding hydrogens is 383 g/mol. The van der Waals surface area contributed by atoms with Gasteiger partial charge in [0, 0.05) is 37.3 Å². The Morgan fingerprint density at radius 2 is 1.97 bits per heavy atom. The average molecular weight is 399 g/mol. The molecule has 0 unspecified atom stereocenters. The van der Waals surface area contributed by atoms with Crippen LogP contribution in [0.5, 0.6) is 0 Å². The standard InChI is InChI=1S/C19H16F3N7/c1-11-3-2-5-29-15(11)7-14(27-29)17-16-13(25-10-26-16)4-6-28(17)18-23-8-12(9-24-18)19(20,21)22/h2-3,5,7-10,17H,4,6H2,1H3,(H,25,26)/t17-/m0/s1. The fourth-order valence-corrected chi connectivity index (χ4v) is 3.72. The van der Waals surface area contributed by atoms with Crippen LogP contribution in [-0.2, 0) is 12.6 Å². The fourth-order valence-electron chi connectivity index (χ4n) is 3.72. The number of fused-ring (bicyclic) bond motifs is 2. The minimum Gasteiger partial charge on any atom is -0.348 e. The van der Waals surface area contributed by atoms with Gasteiger partial charge in [0.05, 0.1) is 28.8 Å². The van der Waals surface area contributed by atoms with Crippen LogP contribution in [0.25, 0.3) is 5.52 Å². The van der Waals surface area contributed by atoms with Crippen molar-refractivity contribution in [3.63, 3.8) is 0 Å². The van der Waals surface area contributed by atoms with Crippen LogP contribution >= 0.6 is 0 Å². The highest BCUT2D eigenvalue weighted by molar-refractivity contribution is 5.57. The molecule has 0 saturated carbocycles. The number of nitrogens with one attached hydrogen (secondary N) is 1. The van der Waals surface area contributed by atoms with E-state index in [9.17, 15) is 13.2 Å². The molecule has 7 nitrogen and oxygen atoms in total. The molecule has 0 bridgehead atoms. The van der Waals surface area contributed by atoms with Crippen LogP contribution in [0.4, 0.5) is 19.1 Å². The molecule has 1 N–H and O–H groups in total. The van der Waals surface area contributed by atoms with Crippen molar-refractivity contribution < 1.29 is 13.2 Å². The van der Waals surface area contributed by atoms with Crippen LogP contribution in [0, 0.1) is 6.92 Å². The highest BCUT2D eigenvalue weighted by Gasteiger charge is 2.36. The lowest BCUT2D eigenvalue weighted by atomic mass is 10.00. The summed E-state index contributed by atoms with van der Waals surface area (Å²) in [7, 11) is 0. The van der Waals surface area contributed by atoms with Gasteiger partial charge < -0.3 is 9.88 Å². The molecule has 0 fully saturated rings. The van der Waals surface area contributed by atoms with Crippen LogP contribution in [0.15, 0.2) is 43.1 Å². The second-order valence-electron chi connectivity index (χ2n) is 6.97. The number of aromatic amines is 1. The number of hydrogen-bond acceptors (Lipinski definition) is 5. The molecule has 4 aromatic heterocycles. The van der Waals surface area contributed by atoms with E-state index in [4.69, 9.17) is 5.10 Å². The van der Waals surface area contributed by atoms with Crippen LogP contribution < -0.4 is 4.90 Å². The lowest BCUT2D eigenvalue weighted by molar-refractivity contribution is -0.138. The summed E-state index contributed by atoms with van der Waals surface area (Å²) in [5.41, 5.74) is 3.64. The Hall–Kier alpha value is -3.43. The van der Waals surface area contributed by atoms with Gasteiger partial charge in [-0.1, -0.05) is 6.07 Å². The predicted octanol–water partition coefficient (Wildman–Crippen LogP) is 3.33. The number of halogens is 3. The number of aromatic nitrogens is 6. The number of alkyl halides is 3. The summed E-state index contributed by atoms with van der Waals surface area (Å²) in [5, 5.41) is 4.69. The summed E-state index contributed by atoms with van der Waals surface area (Å²) in [5.74, 6) is 0.213. The summed E-state index contributed by atoms with van der Waals surface area (Å²) >= 11 is 0. The van der Waals surface area contributed by atoms with Crippen molar-refractivity contribution in [1.82, 2.24) is 29.5 Å². The molecule has 0 amide bonds. The number of imidazole rings is 1. The van der Waals surface area contributed by atoms with E-state index in [-0.39, 0.29) is 5.95 Å². The first-order valence-electron chi connectivity index (χ1n) is 9.05. The van der Waals surface area contributed by atoms with Crippen molar-refractivity contribution in [2.45, 2.75) is 25.6 Å². The van der Waals surface area contributed by atoms with E-state index in [1.807, 2.05) is 36.2 Å². The van der Waals surface area contributed by atoms with Crippen LogP contribution in [0.3, 0.4) is 0 Å². The molecule has 29 heavy (non-hydrogen) atoms. The molecule has 0 saturated heterocycles. The van der Waals surface area contributed by atoms with E-state index in [1.54, 1.807) is 10.8 Å². The van der Waals surface area contributed by atoms with Crippen molar-refractivity contribution in [3.8, 4) is 0 Å². The summed E-state index contributed by atoms with van der Waals surface area (Å²) in [6, 6.07) is 5.48. The monoisotopic (exact) mass is 399 g/mol. The SMILES string of the molecule is Cc1cccn2nc([C@H]3c4nc[nH]c4CCN3c3ncc(C(F)(F)F)cn3)cc12. The van der Waals surface area contributed by atoms with Crippen LogP contribution in [0.1, 0.15) is 34.3 Å². The van der Waals surface area contributed by atoms with E-state index < -0.39 is 17.8 Å². The number of nitrogens with zero attached hydrogens (tertiary/aromatic N) is 6. The first-order chi connectivity index (χ1) is 13.9. The Labute approximate surface area is 163 Å². The molecule has 1 aliphatic heterocycles. The fraction of sp³-hybridized carbons (Fsp3) is 0.263. The van der Waals surface area contributed by atoms with E-state index in [1.165, 1.54) is 0 Å². The van der Waals surface area contributed by atoms with Gasteiger partial charge in [-0.25, -0.2) is 19.5 Å². The molecule has 0 aliphatic carbocycles. The largest absolute Gasteiger partial charge is 0.419 e. The molecule has 1 aliphatic rings. The van der Waals surface area contributed by atoms with Crippen molar-refractivity contribution in [2.24, 2.45) is 0 Å². The zero-order chi connectivity index (χ0) is 20.2. The zero-order valence-corrected chi connectivity index (χ0v) is 15.4. The number of pyridine rings is 1.